The molecule has 0 atom stereocenters. The Kier molecular flexibility index (Phi) is 3.15. The lowest BCUT2D eigenvalue weighted by molar-refractivity contribution is 0.102. The molecule has 3 aromatic rings. The molecule has 0 spiro atoms. The number of rotatable bonds is 3. The van der Waals surface area contributed by atoms with Crippen LogP contribution in [0, 0.1) is 0 Å². The first-order valence-corrected chi connectivity index (χ1v) is 7.48. The standard InChI is InChI=1S/C16H14BrNO/c1-2-18-14-6-4-3-5-12(14)13-9-11(16(19)10-17)7-8-15(13)18/h3-9H,2,10H2,1H3. The van der Waals surface area contributed by atoms with Gasteiger partial charge in [-0.25, -0.2) is 0 Å². The Hall–Kier alpha value is -1.61. The van der Waals surface area contributed by atoms with E-state index in [2.05, 4.69) is 51.7 Å². The molecule has 2 aromatic carbocycles. The molecule has 3 heteroatoms. The molecule has 1 aromatic heterocycles. The Bertz CT molecular complexity index is 773. The van der Waals surface area contributed by atoms with Crippen molar-refractivity contribution >= 4 is 43.5 Å². The normalized spacial score (nSPS) is 11.3. The lowest BCUT2D eigenvalue weighted by atomic mass is 10.1. The van der Waals surface area contributed by atoms with E-state index in [4.69, 9.17) is 0 Å². The number of halogens is 1. The van der Waals surface area contributed by atoms with Gasteiger partial charge in [-0.15, -0.1) is 0 Å². The Morgan fingerprint density at radius 1 is 1.11 bits per heavy atom. The highest BCUT2D eigenvalue weighted by molar-refractivity contribution is 9.09. The van der Waals surface area contributed by atoms with Crippen molar-refractivity contribution in [3.63, 3.8) is 0 Å². The van der Waals surface area contributed by atoms with Crippen LogP contribution in [-0.4, -0.2) is 15.7 Å². The van der Waals surface area contributed by atoms with E-state index in [0.717, 1.165) is 17.5 Å². The number of carbonyl (C=O) groups is 1. The van der Waals surface area contributed by atoms with Gasteiger partial charge in [0.1, 0.15) is 0 Å². The summed E-state index contributed by atoms with van der Waals surface area (Å²) in [6.07, 6.45) is 0. The van der Waals surface area contributed by atoms with Gasteiger partial charge in [-0.1, -0.05) is 34.1 Å². The topological polar surface area (TPSA) is 22.0 Å². The highest BCUT2D eigenvalue weighted by atomic mass is 79.9. The van der Waals surface area contributed by atoms with Gasteiger partial charge in [0.2, 0.25) is 0 Å². The Morgan fingerprint density at radius 3 is 2.58 bits per heavy atom. The fourth-order valence-electron chi connectivity index (χ4n) is 2.64. The van der Waals surface area contributed by atoms with Crippen molar-refractivity contribution in [1.82, 2.24) is 4.57 Å². The summed E-state index contributed by atoms with van der Waals surface area (Å²) in [4.78, 5) is 11.8. The van der Waals surface area contributed by atoms with Crippen molar-refractivity contribution in [2.75, 3.05) is 5.33 Å². The number of para-hydroxylation sites is 1. The van der Waals surface area contributed by atoms with Gasteiger partial charge in [0.05, 0.1) is 5.33 Å². The number of carbonyl (C=O) groups excluding carboxylic acids is 1. The maximum atomic E-state index is 11.8. The molecule has 0 amide bonds. The monoisotopic (exact) mass is 315 g/mol. The van der Waals surface area contributed by atoms with Crippen molar-refractivity contribution in [1.29, 1.82) is 0 Å². The minimum atomic E-state index is 0.121. The predicted molar refractivity (Wildman–Crippen MR) is 83.2 cm³/mol. The molecule has 1 heterocycles. The van der Waals surface area contributed by atoms with Gasteiger partial charge in [0.25, 0.3) is 0 Å². The number of nitrogens with zero attached hydrogens (tertiary/aromatic N) is 1. The minimum Gasteiger partial charge on any atom is -0.341 e. The van der Waals surface area contributed by atoms with E-state index in [9.17, 15) is 4.79 Å². The molecule has 0 aliphatic heterocycles. The Balaban J connectivity index is 2.39. The van der Waals surface area contributed by atoms with Gasteiger partial charge in [-0.05, 0) is 31.2 Å². The maximum absolute atomic E-state index is 11.8. The van der Waals surface area contributed by atoms with Crippen LogP contribution in [0.15, 0.2) is 42.5 Å². The van der Waals surface area contributed by atoms with Crippen LogP contribution in [0.4, 0.5) is 0 Å². The molecule has 0 radical (unpaired) electrons. The molecule has 3 rings (SSSR count). The second-order valence-corrected chi connectivity index (χ2v) is 5.11. The lowest BCUT2D eigenvalue weighted by Gasteiger charge is -2.03. The summed E-state index contributed by atoms with van der Waals surface area (Å²) >= 11 is 3.23. The number of fused-ring (bicyclic) bond motifs is 3. The van der Waals surface area contributed by atoms with E-state index >= 15 is 0 Å². The van der Waals surface area contributed by atoms with E-state index in [-0.39, 0.29) is 5.78 Å². The third-order valence-electron chi connectivity index (χ3n) is 3.53. The molecule has 0 N–H and O–H groups in total. The zero-order valence-corrected chi connectivity index (χ0v) is 12.3. The largest absolute Gasteiger partial charge is 0.341 e. The number of alkyl halides is 1. The molecule has 2 nitrogen and oxygen atoms in total. The molecule has 0 aliphatic carbocycles. The summed E-state index contributed by atoms with van der Waals surface area (Å²) in [6.45, 7) is 3.07. The number of aryl methyl sites for hydroxylation is 1. The van der Waals surface area contributed by atoms with Crippen molar-refractivity contribution in [3.8, 4) is 0 Å². The summed E-state index contributed by atoms with van der Waals surface area (Å²) in [5.41, 5.74) is 3.18. The SMILES string of the molecule is CCn1c2ccccc2c2cc(C(=O)CBr)ccc21. The number of hydrogen-bond acceptors (Lipinski definition) is 1. The number of Topliss-reactive ketones (excluding diaryl/α,β-unsaturated/α-hetero) is 1. The fourth-order valence-corrected chi connectivity index (χ4v) is 2.97. The average Bonchev–Trinajstić information content (AvgIpc) is 2.79. The van der Waals surface area contributed by atoms with Gasteiger partial charge in [-0.2, -0.15) is 0 Å². The molecule has 0 saturated carbocycles. The van der Waals surface area contributed by atoms with Crippen molar-refractivity contribution in [3.05, 3.63) is 48.0 Å². The van der Waals surface area contributed by atoms with Crippen LogP contribution in [0.3, 0.4) is 0 Å². The third-order valence-corrected chi connectivity index (χ3v) is 4.04. The van der Waals surface area contributed by atoms with Gasteiger partial charge in [-0.3, -0.25) is 4.79 Å². The first-order valence-electron chi connectivity index (χ1n) is 6.36. The van der Waals surface area contributed by atoms with Gasteiger partial charge in [0.15, 0.2) is 5.78 Å². The summed E-state index contributed by atoms with van der Waals surface area (Å²) < 4.78 is 2.28. The van der Waals surface area contributed by atoms with Crippen LogP contribution in [0.2, 0.25) is 0 Å². The van der Waals surface area contributed by atoms with Crippen LogP contribution < -0.4 is 0 Å². The third kappa shape index (κ3) is 1.89. The molecular formula is C16H14BrNO. The quantitative estimate of drug-likeness (QED) is 0.519. The van der Waals surface area contributed by atoms with E-state index in [1.54, 1.807) is 0 Å². The highest BCUT2D eigenvalue weighted by Crippen LogP contribution is 2.29. The van der Waals surface area contributed by atoms with E-state index < -0.39 is 0 Å². The van der Waals surface area contributed by atoms with Crippen LogP contribution >= 0.6 is 15.9 Å². The average molecular weight is 316 g/mol. The molecule has 0 unspecified atom stereocenters. The first kappa shape index (κ1) is 12.4. The fraction of sp³-hybridized carbons (Fsp3) is 0.188. The van der Waals surface area contributed by atoms with Crippen LogP contribution in [-0.2, 0) is 6.54 Å². The number of aromatic nitrogens is 1. The second kappa shape index (κ2) is 4.82. The summed E-state index contributed by atoms with van der Waals surface area (Å²) in [6, 6.07) is 14.3. The first-order chi connectivity index (χ1) is 9.26. The second-order valence-electron chi connectivity index (χ2n) is 4.55. The van der Waals surface area contributed by atoms with Gasteiger partial charge >= 0.3 is 0 Å². The van der Waals surface area contributed by atoms with Crippen molar-refractivity contribution < 1.29 is 4.79 Å². The summed E-state index contributed by atoms with van der Waals surface area (Å²) in [7, 11) is 0. The van der Waals surface area contributed by atoms with Gasteiger partial charge in [0, 0.05) is 33.9 Å². The Morgan fingerprint density at radius 2 is 1.84 bits per heavy atom. The smallest absolute Gasteiger partial charge is 0.173 e. The molecular weight excluding hydrogens is 302 g/mol. The van der Waals surface area contributed by atoms with Crippen LogP contribution in [0.25, 0.3) is 21.8 Å². The number of hydrogen-bond donors (Lipinski definition) is 0. The molecule has 96 valence electrons. The zero-order chi connectivity index (χ0) is 13.4. The maximum Gasteiger partial charge on any atom is 0.173 e. The van der Waals surface area contributed by atoms with Gasteiger partial charge < -0.3 is 4.57 Å². The van der Waals surface area contributed by atoms with E-state index in [1.165, 1.54) is 16.4 Å². The van der Waals surface area contributed by atoms with Crippen LogP contribution in [0.1, 0.15) is 17.3 Å². The minimum absolute atomic E-state index is 0.121. The molecule has 19 heavy (non-hydrogen) atoms. The van der Waals surface area contributed by atoms with E-state index in [0.29, 0.717) is 5.33 Å². The molecule has 0 fully saturated rings. The molecule has 0 saturated heterocycles. The zero-order valence-electron chi connectivity index (χ0n) is 10.7. The summed E-state index contributed by atoms with van der Waals surface area (Å²) in [5, 5.41) is 2.73. The lowest BCUT2D eigenvalue weighted by Crippen LogP contribution is -1.99. The molecule has 0 bridgehead atoms. The van der Waals surface area contributed by atoms with Crippen molar-refractivity contribution in [2.24, 2.45) is 0 Å². The number of ketones is 1. The number of benzene rings is 2. The predicted octanol–water partition coefficient (Wildman–Crippen LogP) is 4.39. The molecule has 0 aliphatic rings. The van der Waals surface area contributed by atoms with Crippen LogP contribution in [0.5, 0.6) is 0 Å². The Labute approximate surface area is 120 Å². The highest BCUT2D eigenvalue weighted by Gasteiger charge is 2.11. The summed E-state index contributed by atoms with van der Waals surface area (Å²) in [5.74, 6) is 0.121. The van der Waals surface area contributed by atoms with E-state index in [1.807, 2.05) is 18.2 Å². The van der Waals surface area contributed by atoms with Crippen molar-refractivity contribution in [2.45, 2.75) is 13.5 Å².